The Labute approximate surface area is 165 Å². The average molecular weight is 392 g/mol. The van der Waals surface area contributed by atoms with E-state index in [0.717, 1.165) is 33.5 Å². The zero-order valence-electron chi connectivity index (χ0n) is 15.7. The summed E-state index contributed by atoms with van der Waals surface area (Å²) in [5, 5.41) is 3.75. The lowest BCUT2D eigenvalue weighted by atomic mass is 10.1. The standard InChI is InChI=1S/C21H20N4O2S/c1-13-10-16-18-19(28-20(16)24-14(13)2)21(27)25(12-23-18)11-17(26)22-9-8-15-6-4-3-5-7-15/h3-7,10,12H,8-9,11H2,1-2H3,(H,22,26). The molecule has 0 saturated heterocycles. The number of nitrogens with one attached hydrogen (secondary N) is 1. The van der Waals surface area contributed by atoms with Crippen molar-refractivity contribution in [2.45, 2.75) is 26.8 Å². The van der Waals surface area contributed by atoms with Crippen LogP contribution in [0.1, 0.15) is 16.8 Å². The van der Waals surface area contributed by atoms with Gasteiger partial charge in [-0.15, -0.1) is 11.3 Å². The van der Waals surface area contributed by atoms with Gasteiger partial charge >= 0.3 is 0 Å². The van der Waals surface area contributed by atoms with Gasteiger partial charge in [0.25, 0.3) is 5.56 Å². The molecule has 142 valence electrons. The summed E-state index contributed by atoms with van der Waals surface area (Å²) in [6.07, 6.45) is 2.20. The van der Waals surface area contributed by atoms with Gasteiger partial charge in [-0.3, -0.25) is 14.2 Å². The maximum absolute atomic E-state index is 12.8. The van der Waals surface area contributed by atoms with Crippen LogP contribution in [0.3, 0.4) is 0 Å². The van der Waals surface area contributed by atoms with E-state index in [1.54, 1.807) is 0 Å². The van der Waals surface area contributed by atoms with Crippen molar-refractivity contribution in [1.82, 2.24) is 19.9 Å². The third kappa shape index (κ3) is 3.53. The van der Waals surface area contributed by atoms with Crippen molar-refractivity contribution in [3.63, 3.8) is 0 Å². The number of aryl methyl sites for hydroxylation is 2. The Bertz CT molecular complexity index is 1230. The highest BCUT2D eigenvalue weighted by molar-refractivity contribution is 7.25. The van der Waals surface area contributed by atoms with Gasteiger partial charge in [0.15, 0.2) is 0 Å². The predicted molar refractivity (Wildman–Crippen MR) is 112 cm³/mol. The molecule has 1 aromatic carbocycles. The SMILES string of the molecule is Cc1cc2c(nc1C)sc1c(=O)n(CC(=O)NCCc3ccccc3)cnc12. The van der Waals surface area contributed by atoms with Gasteiger partial charge < -0.3 is 5.32 Å². The highest BCUT2D eigenvalue weighted by Gasteiger charge is 2.15. The van der Waals surface area contributed by atoms with Crippen LogP contribution in [0.15, 0.2) is 47.5 Å². The van der Waals surface area contributed by atoms with Crippen molar-refractivity contribution < 1.29 is 4.79 Å². The number of benzene rings is 1. The van der Waals surface area contributed by atoms with Gasteiger partial charge in [-0.2, -0.15) is 0 Å². The molecular formula is C21H20N4O2S. The van der Waals surface area contributed by atoms with Crippen LogP contribution >= 0.6 is 11.3 Å². The first kappa shape index (κ1) is 18.3. The average Bonchev–Trinajstić information content (AvgIpc) is 3.03. The molecule has 0 unspecified atom stereocenters. The van der Waals surface area contributed by atoms with Crippen LogP contribution in [-0.2, 0) is 17.8 Å². The van der Waals surface area contributed by atoms with E-state index in [2.05, 4.69) is 15.3 Å². The van der Waals surface area contributed by atoms with Crippen LogP contribution in [-0.4, -0.2) is 27.0 Å². The topological polar surface area (TPSA) is 76.9 Å². The number of thiophene rings is 1. The summed E-state index contributed by atoms with van der Waals surface area (Å²) < 4.78 is 1.89. The molecule has 0 bridgehead atoms. The number of hydrogen-bond donors (Lipinski definition) is 1. The van der Waals surface area contributed by atoms with E-state index in [0.29, 0.717) is 16.8 Å². The number of hydrogen-bond acceptors (Lipinski definition) is 5. The maximum Gasteiger partial charge on any atom is 0.271 e. The summed E-state index contributed by atoms with van der Waals surface area (Å²) in [5.41, 5.74) is 3.61. The molecule has 28 heavy (non-hydrogen) atoms. The number of carbonyl (C=O) groups excluding carboxylic acids is 1. The highest BCUT2D eigenvalue weighted by Crippen LogP contribution is 2.30. The van der Waals surface area contributed by atoms with Crippen LogP contribution < -0.4 is 10.9 Å². The minimum absolute atomic E-state index is 0.0453. The van der Waals surface area contributed by atoms with Gasteiger partial charge in [-0.1, -0.05) is 30.3 Å². The predicted octanol–water partition coefficient (Wildman–Crippen LogP) is 2.98. The lowest BCUT2D eigenvalue weighted by Crippen LogP contribution is -2.33. The van der Waals surface area contributed by atoms with E-state index >= 15 is 0 Å². The largest absolute Gasteiger partial charge is 0.354 e. The van der Waals surface area contributed by atoms with Crippen LogP contribution in [0.25, 0.3) is 20.4 Å². The Hall–Kier alpha value is -3.06. The van der Waals surface area contributed by atoms with Crippen LogP contribution in [0.2, 0.25) is 0 Å². The van der Waals surface area contributed by atoms with E-state index in [-0.39, 0.29) is 18.0 Å². The van der Waals surface area contributed by atoms with Crippen molar-refractivity contribution in [2.24, 2.45) is 0 Å². The summed E-state index contributed by atoms with van der Waals surface area (Å²) in [7, 11) is 0. The fourth-order valence-corrected chi connectivity index (χ4v) is 4.20. The molecule has 0 saturated carbocycles. The number of pyridine rings is 1. The molecule has 6 nitrogen and oxygen atoms in total. The Morgan fingerprint density at radius 1 is 1.21 bits per heavy atom. The van der Waals surface area contributed by atoms with Crippen LogP contribution in [0.5, 0.6) is 0 Å². The molecule has 0 atom stereocenters. The quantitative estimate of drug-likeness (QED) is 0.566. The zero-order valence-corrected chi connectivity index (χ0v) is 16.5. The molecule has 0 aliphatic heterocycles. The van der Waals surface area contributed by atoms with E-state index in [1.165, 1.54) is 22.2 Å². The van der Waals surface area contributed by atoms with Crippen molar-refractivity contribution in [3.8, 4) is 0 Å². The van der Waals surface area contributed by atoms with E-state index in [1.807, 2.05) is 50.2 Å². The Morgan fingerprint density at radius 3 is 2.79 bits per heavy atom. The Morgan fingerprint density at radius 2 is 2.00 bits per heavy atom. The molecule has 0 spiro atoms. The highest BCUT2D eigenvalue weighted by atomic mass is 32.1. The first-order chi connectivity index (χ1) is 13.5. The summed E-state index contributed by atoms with van der Waals surface area (Å²) in [6, 6.07) is 12.0. The van der Waals surface area contributed by atoms with Crippen LogP contribution in [0.4, 0.5) is 0 Å². The van der Waals surface area contributed by atoms with Gasteiger partial charge in [-0.05, 0) is 37.5 Å². The lowest BCUT2D eigenvalue weighted by molar-refractivity contribution is -0.121. The fraction of sp³-hybridized carbons (Fsp3) is 0.238. The number of amides is 1. The van der Waals surface area contributed by atoms with Gasteiger partial charge in [0.05, 0.1) is 11.8 Å². The van der Waals surface area contributed by atoms with Crippen molar-refractivity contribution in [1.29, 1.82) is 0 Å². The van der Waals surface area contributed by atoms with E-state index in [4.69, 9.17) is 0 Å². The van der Waals surface area contributed by atoms with Crippen molar-refractivity contribution >= 4 is 37.7 Å². The summed E-state index contributed by atoms with van der Waals surface area (Å²) in [4.78, 5) is 34.9. The smallest absolute Gasteiger partial charge is 0.271 e. The fourth-order valence-electron chi connectivity index (χ4n) is 3.10. The molecule has 0 aliphatic rings. The van der Waals surface area contributed by atoms with Gasteiger partial charge in [-0.25, -0.2) is 9.97 Å². The first-order valence-corrected chi connectivity index (χ1v) is 9.91. The second kappa shape index (κ2) is 7.52. The molecular weight excluding hydrogens is 372 g/mol. The number of rotatable bonds is 5. The van der Waals surface area contributed by atoms with Crippen molar-refractivity contribution in [3.05, 3.63) is 69.9 Å². The summed E-state index contributed by atoms with van der Waals surface area (Å²) in [5.74, 6) is -0.204. The second-order valence-corrected chi connectivity index (χ2v) is 7.79. The van der Waals surface area contributed by atoms with Gasteiger partial charge in [0, 0.05) is 17.6 Å². The summed E-state index contributed by atoms with van der Waals surface area (Å²) >= 11 is 1.33. The molecule has 4 aromatic rings. The monoisotopic (exact) mass is 392 g/mol. The lowest BCUT2D eigenvalue weighted by Gasteiger charge is -2.07. The minimum atomic E-state index is -0.207. The number of carbonyl (C=O) groups is 1. The number of nitrogens with zero attached hydrogens (tertiary/aromatic N) is 3. The molecule has 1 N–H and O–H groups in total. The number of fused-ring (bicyclic) bond motifs is 3. The summed E-state index contributed by atoms with van der Waals surface area (Å²) in [6.45, 7) is 4.42. The Kier molecular flexibility index (Phi) is 4.92. The molecule has 0 aliphatic carbocycles. The second-order valence-electron chi connectivity index (χ2n) is 6.79. The minimum Gasteiger partial charge on any atom is -0.354 e. The van der Waals surface area contributed by atoms with Gasteiger partial charge in [0.2, 0.25) is 5.91 Å². The van der Waals surface area contributed by atoms with E-state index in [9.17, 15) is 9.59 Å². The Balaban J connectivity index is 1.52. The van der Waals surface area contributed by atoms with Crippen molar-refractivity contribution in [2.75, 3.05) is 6.54 Å². The molecule has 0 radical (unpaired) electrons. The van der Waals surface area contributed by atoms with E-state index < -0.39 is 0 Å². The zero-order chi connectivity index (χ0) is 19.7. The van der Waals surface area contributed by atoms with Gasteiger partial charge in [0.1, 0.15) is 16.1 Å². The normalized spacial score (nSPS) is 11.2. The number of aromatic nitrogens is 3. The third-order valence-corrected chi connectivity index (χ3v) is 5.85. The van der Waals surface area contributed by atoms with Crippen LogP contribution in [0, 0.1) is 13.8 Å². The molecule has 3 aromatic heterocycles. The third-order valence-electron chi connectivity index (χ3n) is 4.77. The molecule has 0 fully saturated rings. The molecule has 4 rings (SSSR count). The molecule has 3 heterocycles. The maximum atomic E-state index is 12.8. The molecule has 1 amide bonds. The molecule has 7 heteroatoms. The first-order valence-electron chi connectivity index (χ1n) is 9.09.